The molecule has 14 heavy (non-hydrogen) atoms. The maximum absolute atomic E-state index is 11.1. The average molecular weight is 200 g/mol. The molecule has 0 spiro atoms. The summed E-state index contributed by atoms with van der Waals surface area (Å²) in [6.07, 6.45) is 0.238. The van der Waals surface area contributed by atoms with Gasteiger partial charge in [0.05, 0.1) is 6.54 Å². The highest BCUT2D eigenvalue weighted by Gasteiger charge is 2.32. The van der Waals surface area contributed by atoms with Gasteiger partial charge < -0.3 is 4.84 Å². The lowest BCUT2D eigenvalue weighted by Crippen LogP contribution is -2.35. The van der Waals surface area contributed by atoms with Crippen molar-refractivity contribution in [2.24, 2.45) is 0 Å². The van der Waals surface area contributed by atoms with Crippen LogP contribution in [-0.4, -0.2) is 48.4 Å². The Hall–Kier alpha value is -1.43. The van der Waals surface area contributed by atoms with Gasteiger partial charge in [0.2, 0.25) is 0 Å². The van der Waals surface area contributed by atoms with E-state index in [0.717, 1.165) is 0 Å². The van der Waals surface area contributed by atoms with Crippen molar-refractivity contribution in [3.8, 4) is 0 Å². The first-order valence-electron chi connectivity index (χ1n) is 4.22. The van der Waals surface area contributed by atoms with Gasteiger partial charge in [0.15, 0.2) is 0 Å². The van der Waals surface area contributed by atoms with E-state index in [1.165, 1.54) is 0 Å². The van der Waals surface area contributed by atoms with Gasteiger partial charge in [0.1, 0.15) is 0 Å². The highest BCUT2D eigenvalue weighted by molar-refractivity contribution is 6.01. The van der Waals surface area contributed by atoms with Gasteiger partial charge in [-0.3, -0.25) is 14.5 Å². The molecular weight excluding hydrogens is 188 g/mol. The second kappa shape index (κ2) is 4.19. The number of hydrogen-bond acceptors (Lipinski definition) is 5. The van der Waals surface area contributed by atoms with Crippen molar-refractivity contribution < 1.29 is 19.2 Å². The molecule has 1 aliphatic heterocycles. The summed E-state index contributed by atoms with van der Waals surface area (Å²) >= 11 is 0. The van der Waals surface area contributed by atoms with Crippen molar-refractivity contribution in [3.63, 3.8) is 0 Å². The molecule has 0 atom stereocenters. The van der Waals surface area contributed by atoms with Crippen LogP contribution in [0.2, 0.25) is 0 Å². The second-order valence-corrected chi connectivity index (χ2v) is 3.28. The molecule has 0 unspecified atom stereocenters. The molecule has 0 aromatic rings. The molecule has 1 rings (SSSR count). The van der Waals surface area contributed by atoms with Gasteiger partial charge in [-0.2, -0.15) is 0 Å². The Morgan fingerprint density at radius 1 is 1.36 bits per heavy atom. The third-order valence-corrected chi connectivity index (χ3v) is 1.64. The van der Waals surface area contributed by atoms with E-state index < -0.39 is 17.8 Å². The van der Waals surface area contributed by atoms with Gasteiger partial charge in [-0.15, -0.1) is 5.06 Å². The molecule has 0 aromatic heterocycles. The normalized spacial score (nSPS) is 16.6. The van der Waals surface area contributed by atoms with Crippen molar-refractivity contribution in [3.05, 3.63) is 0 Å². The zero-order valence-corrected chi connectivity index (χ0v) is 8.15. The lowest BCUT2D eigenvalue weighted by atomic mass is 10.4. The van der Waals surface area contributed by atoms with Crippen LogP contribution in [0.3, 0.4) is 0 Å². The van der Waals surface area contributed by atoms with Gasteiger partial charge >= 0.3 is 5.97 Å². The van der Waals surface area contributed by atoms with E-state index in [1.807, 2.05) is 0 Å². The predicted molar refractivity (Wildman–Crippen MR) is 45.7 cm³/mol. The molecule has 2 amide bonds. The fourth-order valence-corrected chi connectivity index (χ4v) is 1.05. The van der Waals surface area contributed by atoms with Crippen molar-refractivity contribution in [1.29, 1.82) is 0 Å². The zero-order chi connectivity index (χ0) is 10.7. The van der Waals surface area contributed by atoms with Gasteiger partial charge in [-0.05, 0) is 14.1 Å². The van der Waals surface area contributed by atoms with E-state index in [4.69, 9.17) is 0 Å². The first-order chi connectivity index (χ1) is 6.50. The van der Waals surface area contributed by atoms with E-state index in [0.29, 0.717) is 5.06 Å². The number of carbonyl (C=O) groups is 3. The first kappa shape index (κ1) is 10.6. The summed E-state index contributed by atoms with van der Waals surface area (Å²) < 4.78 is 0. The van der Waals surface area contributed by atoms with Crippen LogP contribution in [0.15, 0.2) is 0 Å². The number of amides is 2. The van der Waals surface area contributed by atoms with Gasteiger partial charge in [0.25, 0.3) is 11.8 Å². The van der Waals surface area contributed by atoms with Crippen molar-refractivity contribution in [1.82, 2.24) is 9.96 Å². The first-order valence-corrected chi connectivity index (χ1v) is 4.22. The van der Waals surface area contributed by atoms with E-state index in [2.05, 4.69) is 4.84 Å². The van der Waals surface area contributed by atoms with Crippen LogP contribution >= 0.6 is 0 Å². The molecular formula is C8H12N2O4. The van der Waals surface area contributed by atoms with Gasteiger partial charge in [0, 0.05) is 12.8 Å². The third-order valence-electron chi connectivity index (χ3n) is 1.64. The van der Waals surface area contributed by atoms with E-state index in [-0.39, 0.29) is 19.4 Å². The van der Waals surface area contributed by atoms with Crippen molar-refractivity contribution >= 4 is 17.8 Å². The minimum absolute atomic E-state index is 0.0387. The molecule has 0 bridgehead atoms. The number of likely N-dealkylation sites (N-methyl/N-ethyl adjacent to an activating group) is 1. The van der Waals surface area contributed by atoms with Crippen LogP contribution in [0.25, 0.3) is 0 Å². The van der Waals surface area contributed by atoms with E-state index in [9.17, 15) is 14.4 Å². The van der Waals surface area contributed by atoms with Crippen molar-refractivity contribution in [2.75, 3.05) is 20.6 Å². The monoisotopic (exact) mass is 200 g/mol. The molecule has 0 radical (unpaired) electrons. The second-order valence-electron chi connectivity index (χ2n) is 3.28. The van der Waals surface area contributed by atoms with E-state index >= 15 is 0 Å². The molecule has 6 nitrogen and oxygen atoms in total. The largest absolute Gasteiger partial charge is 0.347 e. The van der Waals surface area contributed by atoms with E-state index in [1.54, 1.807) is 19.0 Å². The predicted octanol–water partition coefficient (Wildman–Crippen LogP) is -0.845. The maximum atomic E-state index is 11.1. The molecule has 78 valence electrons. The van der Waals surface area contributed by atoms with Gasteiger partial charge in [-0.25, -0.2) is 4.79 Å². The number of hydroxylamine groups is 2. The zero-order valence-electron chi connectivity index (χ0n) is 8.15. The minimum atomic E-state index is -0.612. The summed E-state index contributed by atoms with van der Waals surface area (Å²) in [5, 5.41) is 0.547. The Kier molecular flexibility index (Phi) is 3.19. The Labute approximate surface area is 81.4 Å². The Bertz CT molecular complexity index is 259. The molecule has 0 N–H and O–H groups in total. The molecule has 1 fully saturated rings. The minimum Gasteiger partial charge on any atom is -0.329 e. The number of hydrogen-bond donors (Lipinski definition) is 0. The fourth-order valence-electron chi connectivity index (χ4n) is 1.05. The summed E-state index contributed by atoms with van der Waals surface area (Å²) in [6.45, 7) is 0.0387. The Balaban J connectivity index is 2.47. The standard InChI is InChI=1S/C8H12N2O4/c1-9(2)5-8(13)14-10-6(11)3-4-7(10)12/h3-5H2,1-2H3. The molecule has 1 heterocycles. The topological polar surface area (TPSA) is 66.9 Å². The van der Waals surface area contributed by atoms with Gasteiger partial charge in [-0.1, -0.05) is 0 Å². The highest BCUT2D eigenvalue weighted by Crippen LogP contribution is 2.11. The van der Waals surface area contributed by atoms with Crippen LogP contribution in [0.5, 0.6) is 0 Å². The molecule has 0 aliphatic carbocycles. The molecule has 1 aliphatic rings. The van der Waals surface area contributed by atoms with Crippen LogP contribution in [-0.2, 0) is 19.2 Å². The number of carbonyl (C=O) groups excluding carboxylic acids is 3. The fraction of sp³-hybridized carbons (Fsp3) is 0.625. The Morgan fingerprint density at radius 3 is 2.29 bits per heavy atom. The van der Waals surface area contributed by atoms with Crippen LogP contribution < -0.4 is 0 Å². The van der Waals surface area contributed by atoms with Crippen LogP contribution in [0.4, 0.5) is 0 Å². The quantitative estimate of drug-likeness (QED) is 0.555. The smallest absolute Gasteiger partial charge is 0.329 e. The van der Waals surface area contributed by atoms with Crippen LogP contribution in [0.1, 0.15) is 12.8 Å². The SMILES string of the molecule is CN(C)CC(=O)ON1C(=O)CCC1=O. The third kappa shape index (κ3) is 2.53. The number of rotatable bonds is 3. The van der Waals surface area contributed by atoms with Crippen LogP contribution in [0, 0.1) is 0 Å². The molecule has 6 heteroatoms. The summed E-state index contributed by atoms with van der Waals surface area (Å²) in [5.41, 5.74) is 0. The molecule has 0 aromatic carbocycles. The summed E-state index contributed by atoms with van der Waals surface area (Å²) in [7, 11) is 3.38. The number of nitrogens with zero attached hydrogens (tertiary/aromatic N) is 2. The average Bonchev–Trinajstić information content (AvgIpc) is 2.34. The molecule has 1 saturated heterocycles. The lowest BCUT2D eigenvalue weighted by Gasteiger charge is -2.14. The molecule has 0 saturated carbocycles. The lowest BCUT2D eigenvalue weighted by molar-refractivity contribution is -0.197. The summed E-state index contributed by atoms with van der Waals surface area (Å²) in [6, 6.07) is 0. The highest BCUT2D eigenvalue weighted by atomic mass is 16.7. The van der Waals surface area contributed by atoms with Crippen molar-refractivity contribution in [2.45, 2.75) is 12.8 Å². The number of imide groups is 1. The maximum Gasteiger partial charge on any atom is 0.347 e. The summed E-state index contributed by atoms with van der Waals surface area (Å²) in [4.78, 5) is 39.3. The Morgan fingerprint density at radius 2 is 1.86 bits per heavy atom. The summed E-state index contributed by atoms with van der Waals surface area (Å²) in [5.74, 6) is -1.53.